The number of amides is 1. The van der Waals surface area contributed by atoms with Crippen molar-refractivity contribution in [3.8, 4) is 0 Å². The minimum absolute atomic E-state index is 0.423. The van der Waals surface area contributed by atoms with Crippen LogP contribution >= 0.6 is 11.3 Å². The lowest BCUT2D eigenvalue weighted by atomic mass is 10.1. The second kappa shape index (κ2) is 7.39. The molecule has 0 aliphatic rings. The molecule has 1 amide bonds. The largest absolute Gasteiger partial charge is 0.444 e. The highest BCUT2D eigenvalue weighted by Gasteiger charge is 2.24. The zero-order chi connectivity index (χ0) is 17.0. The summed E-state index contributed by atoms with van der Waals surface area (Å²) in [5.74, 6) is 0. The Morgan fingerprint density at radius 2 is 2.05 bits per heavy atom. The summed E-state index contributed by atoms with van der Waals surface area (Å²) in [5, 5.41) is 16.3. The number of aliphatic hydroxyl groups is 1. The van der Waals surface area contributed by atoms with Crippen LogP contribution in [0.15, 0.2) is 6.20 Å². The average Bonchev–Trinajstić information content (AvgIpc) is 2.73. The van der Waals surface area contributed by atoms with Crippen LogP contribution in [0.3, 0.4) is 0 Å². The van der Waals surface area contributed by atoms with Crippen LogP contribution in [0.4, 0.5) is 4.79 Å². The second-order valence-corrected chi connectivity index (χ2v) is 8.10. The molecule has 1 atom stereocenters. The van der Waals surface area contributed by atoms with E-state index in [9.17, 15) is 9.90 Å². The Morgan fingerprint density at radius 1 is 1.41 bits per heavy atom. The van der Waals surface area contributed by atoms with Gasteiger partial charge >= 0.3 is 6.09 Å². The highest BCUT2D eigenvalue weighted by molar-refractivity contribution is 7.11. The highest BCUT2D eigenvalue weighted by atomic mass is 32.1. The van der Waals surface area contributed by atoms with Gasteiger partial charge in [-0.1, -0.05) is 0 Å². The summed E-state index contributed by atoms with van der Waals surface area (Å²) in [7, 11) is 0. The van der Waals surface area contributed by atoms with Crippen LogP contribution in [0.1, 0.15) is 57.5 Å². The number of nitrogens with zero attached hydrogens (tertiary/aromatic N) is 1. The van der Waals surface area contributed by atoms with Gasteiger partial charge in [0.25, 0.3) is 0 Å². The molecule has 0 aromatic carbocycles. The summed E-state index contributed by atoms with van der Waals surface area (Å²) in [4.78, 5) is 17.0. The van der Waals surface area contributed by atoms with E-state index in [2.05, 4.69) is 15.6 Å². The first-order valence-electron chi connectivity index (χ1n) is 7.33. The van der Waals surface area contributed by atoms with Crippen LogP contribution in [0, 0.1) is 0 Å². The molecule has 0 aliphatic heterocycles. The topological polar surface area (TPSA) is 83.5 Å². The Hall–Kier alpha value is -1.18. The molecule has 0 radical (unpaired) electrons. The summed E-state index contributed by atoms with van der Waals surface area (Å²) in [6, 6.07) is 0. The van der Waals surface area contributed by atoms with E-state index >= 15 is 0 Å². The predicted molar refractivity (Wildman–Crippen MR) is 87.9 cm³/mol. The number of aliphatic hydroxyl groups excluding tert-OH is 1. The summed E-state index contributed by atoms with van der Waals surface area (Å²) >= 11 is 1.48. The van der Waals surface area contributed by atoms with Crippen LogP contribution < -0.4 is 10.6 Å². The number of rotatable bonds is 6. The van der Waals surface area contributed by atoms with Gasteiger partial charge in [-0.25, -0.2) is 9.78 Å². The molecule has 1 heterocycles. The predicted octanol–water partition coefficient (Wildman–Crippen LogP) is 2.59. The van der Waals surface area contributed by atoms with Crippen LogP contribution in [-0.4, -0.2) is 33.9 Å². The number of thiazole rings is 1. The zero-order valence-electron chi connectivity index (χ0n) is 14.2. The van der Waals surface area contributed by atoms with Crippen molar-refractivity contribution in [3.05, 3.63) is 16.1 Å². The van der Waals surface area contributed by atoms with E-state index in [0.717, 1.165) is 4.88 Å². The molecule has 126 valence electrons. The number of carbonyl (C=O) groups excluding carboxylic acids is 1. The van der Waals surface area contributed by atoms with E-state index in [1.165, 1.54) is 11.3 Å². The fourth-order valence-electron chi connectivity index (χ4n) is 1.72. The van der Waals surface area contributed by atoms with Crippen molar-refractivity contribution in [2.24, 2.45) is 0 Å². The lowest BCUT2D eigenvalue weighted by Gasteiger charge is -2.28. The molecule has 7 heteroatoms. The van der Waals surface area contributed by atoms with Gasteiger partial charge in [-0.05, 0) is 41.5 Å². The quantitative estimate of drug-likeness (QED) is 0.747. The SMILES string of the molecule is CC(O)c1ncc(CNCC(C)(C)NC(=O)OC(C)(C)C)s1. The van der Waals surface area contributed by atoms with Gasteiger partial charge in [0.2, 0.25) is 0 Å². The van der Waals surface area contributed by atoms with Crippen LogP contribution in [0.5, 0.6) is 0 Å². The van der Waals surface area contributed by atoms with E-state index in [0.29, 0.717) is 18.1 Å². The molecule has 0 fully saturated rings. The van der Waals surface area contributed by atoms with Crippen LogP contribution in [-0.2, 0) is 11.3 Å². The number of hydrogen-bond acceptors (Lipinski definition) is 6. The third kappa shape index (κ3) is 7.20. The zero-order valence-corrected chi connectivity index (χ0v) is 15.0. The number of aromatic nitrogens is 1. The first-order chi connectivity index (χ1) is 9.98. The summed E-state index contributed by atoms with van der Waals surface area (Å²) in [5.41, 5.74) is -0.937. The van der Waals surface area contributed by atoms with E-state index in [1.807, 2.05) is 34.6 Å². The van der Waals surface area contributed by atoms with Gasteiger partial charge in [0, 0.05) is 24.2 Å². The maximum atomic E-state index is 11.8. The Balaban J connectivity index is 2.40. The Bertz CT molecular complexity index is 492. The Kier molecular flexibility index (Phi) is 6.34. The van der Waals surface area contributed by atoms with E-state index in [4.69, 9.17) is 4.74 Å². The Morgan fingerprint density at radius 3 is 2.55 bits per heavy atom. The monoisotopic (exact) mass is 329 g/mol. The minimum Gasteiger partial charge on any atom is -0.444 e. The van der Waals surface area contributed by atoms with Gasteiger partial charge in [0.1, 0.15) is 16.7 Å². The number of carbonyl (C=O) groups is 1. The van der Waals surface area contributed by atoms with Crippen molar-refractivity contribution < 1.29 is 14.6 Å². The van der Waals surface area contributed by atoms with Crippen molar-refractivity contribution >= 4 is 17.4 Å². The summed E-state index contributed by atoms with van der Waals surface area (Å²) in [6.07, 6.45) is 0.797. The molecule has 0 spiro atoms. The van der Waals surface area contributed by atoms with Crippen molar-refractivity contribution in [2.45, 2.75) is 65.3 Å². The molecule has 1 aromatic rings. The first-order valence-corrected chi connectivity index (χ1v) is 8.15. The number of alkyl carbamates (subject to hydrolysis) is 1. The van der Waals surface area contributed by atoms with Gasteiger partial charge < -0.3 is 20.5 Å². The molecule has 0 aliphatic carbocycles. The lowest BCUT2D eigenvalue weighted by molar-refractivity contribution is 0.0472. The second-order valence-electron chi connectivity index (χ2n) is 6.96. The highest BCUT2D eigenvalue weighted by Crippen LogP contribution is 2.19. The number of nitrogens with one attached hydrogen (secondary N) is 2. The van der Waals surface area contributed by atoms with Gasteiger partial charge in [-0.2, -0.15) is 0 Å². The van der Waals surface area contributed by atoms with Crippen LogP contribution in [0.2, 0.25) is 0 Å². The van der Waals surface area contributed by atoms with E-state index in [-0.39, 0.29) is 0 Å². The van der Waals surface area contributed by atoms with Gasteiger partial charge in [0.05, 0.1) is 5.54 Å². The van der Waals surface area contributed by atoms with Crippen molar-refractivity contribution in [2.75, 3.05) is 6.54 Å². The molecule has 1 rings (SSSR count). The average molecular weight is 329 g/mol. The molecule has 1 unspecified atom stereocenters. The molecule has 1 aromatic heterocycles. The number of hydrogen-bond donors (Lipinski definition) is 3. The standard InChI is InChI=1S/C15H27N3O3S/c1-10(19)12-17-8-11(22-12)7-16-9-15(5,6)18-13(20)21-14(2,3)4/h8,10,16,19H,7,9H2,1-6H3,(H,18,20). The van der Waals surface area contributed by atoms with E-state index < -0.39 is 23.3 Å². The maximum absolute atomic E-state index is 11.8. The van der Waals surface area contributed by atoms with Crippen molar-refractivity contribution in [3.63, 3.8) is 0 Å². The summed E-state index contributed by atoms with van der Waals surface area (Å²) < 4.78 is 5.25. The lowest BCUT2D eigenvalue weighted by Crippen LogP contribution is -2.51. The third-order valence-corrected chi connectivity index (χ3v) is 3.80. The van der Waals surface area contributed by atoms with Crippen LogP contribution in [0.25, 0.3) is 0 Å². The normalized spacial score (nSPS) is 13.8. The fraction of sp³-hybridized carbons (Fsp3) is 0.733. The van der Waals surface area contributed by atoms with Gasteiger partial charge in [0.15, 0.2) is 0 Å². The first kappa shape index (κ1) is 18.9. The maximum Gasteiger partial charge on any atom is 0.408 e. The molecular weight excluding hydrogens is 302 g/mol. The van der Waals surface area contributed by atoms with Crippen molar-refractivity contribution in [1.82, 2.24) is 15.6 Å². The molecule has 22 heavy (non-hydrogen) atoms. The van der Waals surface area contributed by atoms with Crippen molar-refractivity contribution in [1.29, 1.82) is 0 Å². The minimum atomic E-state index is -0.538. The molecule has 0 saturated carbocycles. The molecule has 0 bridgehead atoms. The molecule has 0 saturated heterocycles. The third-order valence-electron chi connectivity index (χ3n) is 2.63. The number of ether oxygens (including phenoxy) is 1. The van der Waals surface area contributed by atoms with E-state index in [1.54, 1.807) is 13.1 Å². The molecule has 3 N–H and O–H groups in total. The molecular formula is C15H27N3O3S. The fourth-order valence-corrected chi connectivity index (χ4v) is 2.54. The molecule has 6 nitrogen and oxygen atoms in total. The van der Waals surface area contributed by atoms with Gasteiger partial charge in [-0.15, -0.1) is 11.3 Å². The summed E-state index contributed by atoms with van der Waals surface area (Å²) in [6.45, 7) is 12.3. The van der Waals surface area contributed by atoms with Gasteiger partial charge in [-0.3, -0.25) is 0 Å². The Labute approximate surface area is 136 Å². The smallest absolute Gasteiger partial charge is 0.408 e.